The highest BCUT2D eigenvalue weighted by atomic mass is 32.2. The Morgan fingerprint density at radius 3 is 2.21 bits per heavy atom. The van der Waals surface area contributed by atoms with E-state index in [0.717, 1.165) is 22.4 Å². The van der Waals surface area contributed by atoms with Crippen LogP contribution in [-0.4, -0.2) is 7.11 Å². The summed E-state index contributed by atoms with van der Waals surface area (Å²) in [7, 11) is 1.71. The van der Waals surface area contributed by atoms with Crippen molar-refractivity contribution >= 4 is 28.6 Å². The summed E-state index contributed by atoms with van der Waals surface area (Å²) in [6.07, 6.45) is 4.41. The van der Waals surface area contributed by atoms with Crippen LogP contribution in [0.2, 0.25) is 0 Å². The van der Waals surface area contributed by atoms with Crippen LogP contribution in [0.15, 0.2) is 94.7 Å². The third kappa shape index (κ3) is 2.31. The van der Waals surface area contributed by atoms with Crippen molar-refractivity contribution in [1.82, 2.24) is 0 Å². The zero-order valence-corrected chi connectivity index (χ0v) is 16.7. The van der Waals surface area contributed by atoms with Crippen LogP contribution in [0.5, 0.6) is 11.5 Å². The molecule has 6 rings (SSSR count). The van der Waals surface area contributed by atoms with Crippen LogP contribution in [0, 0.1) is 0 Å². The summed E-state index contributed by atoms with van der Waals surface area (Å²) in [5.41, 5.74) is 2.74. The lowest BCUT2D eigenvalue weighted by Gasteiger charge is -2.41. The first kappa shape index (κ1) is 16.8. The summed E-state index contributed by atoms with van der Waals surface area (Å²) in [5, 5.41) is 2.31. The second kappa shape index (κ2) is 6.16. The smallest absolute Gasteiger partial charge is 0.180 e. The fourth-order valence-corrected chi connectivity index (χ4v) is 5.62. The predicted molar refractivity (Wildman–Crippen MR) is 118 cm³/mol. The van der Waals surface area contributed by atoms with Crippen molar-refractivity contribution in [3.63, 3.8) is 0 Å². The van der Waals surface area contributed by atoms with Crippen LogP contribution in [0.25, 0.3) is 16.8 Å². The van der Waals surface area contributed by atoms with E-state index >= 15 is 0 Å². The Labute approximate surface area is 173 Å². The Balaban J connectivity index is 1.66. The van der Waals surface area contributed by atoms with E-state index in [0.29, 0.717) is 0 Å². The highest BCUT2D eigenvalue weighted by Crippen LogP contribution is 2.55. The number of benzene rings is 4. The van der Waals surface area contributed by atoms with Crippen molar-refractivity contribution in [2.24, 2.45) is 0 Å². The molecule has 140 valence electrons. The molecular weight excluding hydrogens is 376 g/mol. The first-order valence-corrected chi connectivity index (χ1v) is 10.5. The van der Waals surface area contributed by atoms with Gasteiger partial charge in [0, 0.05) is 26.5 Å². The topological polar surface area (TPSA) is 18.5 Å². The number of rotatable bonds is 1. The number of hydrogen-bond acceptors (Lipinski definition) is 3. The quantitative estimate of drug-likeness (QED) is 0.359. The first-order chi connectivity index (χ1) is 14.3. The second-order valence-electron chi connectivity index (χ2n) is 7.31. The van der Waals surface area contributed by atoms with E-state index in [1.54, 1.807) is 18.9 Å². The molecule has 0 aromatic heterocycles. The van der Waals surface area contributed by atoms with Crippen molar-refractivity contribution in [2.75, 3.05) is 7.11 Å². The molecule has 2 heterocycles. The van der Waals surface area contributed by atoms with Crippen LogP contribution >= 0.6 is 11.8 Å². The third-order valence-corrected chi connectivity index (χ3v) is 6.92. The summed E-state index contributed by atoms with van der Waals surface area (Å²) in [5.74, 6) is 1.56. The van der Waals surface area contributed by atoms with E-state index in [1.807, 2.05) is 6.07 Å². The minimum Gasteiger partial charge on any atom is -0.493 e. The van der Waals surface area contributed by atoms with Crippen LogP contribution in [0.1, 0.15) is 16.7 Å². The molecule has 0 atom stereocenters. The molecule has 1 spiro atoms. The monoisotopic (exact) mass is 394 g/mol. The maximum atomic E-state index is 6.92. The zero-order chi connectivity index (χ0) is 19.4. The Kier molecular flexibility index (Phi) is 3.56. The van der Waals surface area contributed by atoms with Crippen molar-refractivity contribution in [3.05, 3.63) is 102 Å². The minimum absolute atomic E-state index is 0.666. The number of methoxy groups -OCH3 is 1. The highest BCUT2D eigenvalue weighted by Gasteiger charge is 2.44. The Bertz CT molecular complexity index is 1260. The van der Waals surface area contributed by atoms with Gasteiger partial charge in [0.15, 0.2) is 17.1 Å². The largest absolute Gasteiger partial charge is 0.493 e. The third-order valence-electron chi connectivity index (χ3n) is 5.77. The van der Waals surface area contributed by atoms with Crippen LogP contribution in [0.4, 0.5) is 0 Å². The van der Waals surface area contributed by atoms with Gasteiger partial charge in [0.05, 0.1) is 7.11 Å². The summed E-state index contributed by atoms with van der Waals surface area (Å²) >= 11 is 1.80. The van der Waals surface area contributed by atoms with Gasteiger partial charge in [-0.2, -0.15) is 0 Å². The molecule has 0 saturated carbocycles. The lowest BCUT2D eigenvalue weighted by atomic mass is 9.82. The normalized spacial score (nSPS) is 15.3. The molecule has 0 unspecified atom stereocenters. The molecule has 0 saturated heterocycles. The number of fused-ring (bicyclic) bond motifs is 7. The molecule has 3 heteroatoms. The maximum Gasteiger partial charge on any atom is 0.180 e. The molecule has 0 fully saturated rings. The van der Waals surface area contributed by atoms with Crippen molar-refractivity contribution < 1.29 is 9.47 Å². The van der Waals surface area contributed by atoms with E-state index < -0.39 is 5.60 Å². The molecule has 2 aliphatic rings. The fraction of sp³-hybridized carbons (Fsp3) is 0.0769. The van der Waals surface area contributed by atoms with Crippen molar-refractivity contribution in [3.8, 4) is 11.5 Å². The summed E-state index contributed by atoms with van der Waals surface area (Å²) in [6, 6.07) is 27.4. The van der Waals surface area contributed by atoms with Gasteiger partial charge in [-0.1, -0.05) is 72.4 Å². The van der Waals surface area contributed by atoms with Gasteiger partial charge in [0.1, 0.15) is 0 Å². The van der Waals surface area contributed by atoms with Gasteiger partial charge in [-0.05, 0) is 41.1 Å². The van der Waals surface area contributed by atoms with Crippen LogP contribution in [0.3, 0.4) is 0 Å². The van der Waals surface area contributed by atoms with Crippen molar-refractivity contribution in [2.45, 2.75) is 15.4 Å². The number of ether oxygens (including phenoxy) is 2. The van der Waals surface area contributed by atoms with Gasteiger partial charge in [0.2, 0.25) is 0 Å². The average molecular weight is 394 g/mol. The molecule has 2 aliphatic heterocycles. The van der Waals surface area contributed by atoms with Crippen molar-refractivity contribution in [1.29, 1.82) is 0 Å². The summed E-state index contributed by atoms with van der Waals surface area (Å²) < 4.78 is 12.7. The van der Waals surface area contributed by atoms with Gasteiger partial charge >= 0.3 is 0 Å². The van der Waals surface area contributed by atoms with Crippen LogP contribution in [-0.2, 0) is 5.60 Å². The molecule has 4 aromatic rings. The summed E-state index contributed by atoms with van der Waals surface area (Å²) in [4.78, 5) is 2.44. The second-order valence-corrected chi connectivity index (χ2v) is 8.39. The Morgan fingerprint density at radius 2 is 1.48 bits per heavy atom. The lowest BCUT2D eigenvalue weighted by molar-refractivity contribution is 0.147. The molecule has 0 aliphatic carbocycles. The van der Waals surface area contributed by atoms with E-state index in [4.69, 9.17) is 9.47 Å². The standard InChI is InChI=1S/C26H18O2S/c1-27-22-16-17-8-2-3-9-18(17)19-14-15-26(28-25(19)22)20-10-4-6-12-23(20)29-24-13-7-5-11-21(24)26/h2-16H,1H3. The predicted octanol–water partition coefficient (Wildman–Crippen LogP) is 6.66. The first-order valence-electron chi connectivity index (χ1n) is 9.65. The Morgan fingerprint density at radius 1 is 0.828 bits per heavy atom. The molecule has 0 radical (unpaired) electrons. The van der Waals surface area contributed by atoms with Crippen LogP contribution < -0.4 is 9.47 Å². The van der Waals surface area contributed by atoms with Gasteiger partial charge in [-0.25, -0.2) is 0 Å². The van der Waals surface area contributed by atoms with Gasteiger partial charge in [-0.15, -0.1) is 0 Å². The molecule has 0 bridgehead atoms. The average Bonchev–Trinajstić information content (AvgIpc) is 2.78. The molecular formula is C26H18O2S. The molecule has 2 nitrogen and oxygen atoms in total. The highest BCUT2D eigenvalue weighted by molar-refractivity contribution is 7.99. The lowest BCUT2D eigenvalue weighted by Crippen LogP contribution is -2.37. The SMILES string of the molecule is COc1cc2ccccc2c2c1OC1(C=C2)c2ccccc2Sc2ccccc21. The van der Waals surface area contributed by atoms with E-state index in [-0.39, 0.29) is 0 Å². The zero-order valence-electron chi connectivity index (χ0n) is 15.9. The molecule has 4 aromatic carbocycles. The summed E-state index contributed by atoms with van der Waals surface area (Å²) in [6.45, 7) is 0. The molecule has 0 amide bonds. The molecule has 0 N–H and O–H groups in total. The Hall–Kier alpha value is -3.17. The van der Waals surface area contributed by atoms with Gasteiger partial charge in [0.25, 0.3) is 0 Å². The van der Waals surface area contributed by atoms with Gasteiger partial charge < -0.3 is 9.47 Å². The van der Waals surface area contributed by atoms with E-state index in [9.17, 15) is 0 Å². The van der Waals surface area contributed by atoms with E-state index in [1.165, 1.54) is 26.3 Å². The van der Waals surface area contributed by atoms with E-state index in [2.05, 4.69) is 84.9 Å². The number of hydrogen-bond donors (Lipinski definition) is 0. The fourth-order valence-electron chi connectivity index (χ4n) is 4.43. The minimum atomic E-state index is -0.666. The van der Waals surface area contributed by atoms with Gasteiger partial charge in [-0.3, -0.25) is 0 Å². The maximum absolute atomic E-state index is 6.92. The molecule has 29 heavy (non-hydrogen) atoms.